The Labute approximate surface area is 137 Å². The van der Waals surface area contributed by atoms with E-state index in [-0.39, 0.29) is 11.4 Å². The quantitative estimate of drug-likeness (QED) is 0.915. The molecular weight excluding hydrogens is 292 g/mol. The molecule has 0 bridgehead atoms. The number of nitrogens with one attached hydrogen (secondary N) is 1. The number of hydrogen-bond donors (Lipinski definition) is 1. The van der Waals surface area contributed by atoms with E-state index in [0.717, 1.165) is 11.5 Å². The molecule has 1 amide bonds. The molecule has 7 heteroatoms. The summed E-state index contributed by atoms with van der Waals surface area (Å²) in [6.07, 6.45) is 2.36. The molecule has 23 heavy (non-hydrogen) atoms. The monoisotopic (exact) mass is 318 g/mol. The second-order valence-electron chi connectivity index (χ2n) is 7.01. The predicted octanol–water partition coefficient (Wildman–Crippen LogP) is 2.09. The van der Waals surface area contributed by atoms with Crippen LogP contribution in [-0.4, -0.2) is 37.0 Å². The molecule has 0 fully saturated rings. The number of carbonyl (C=O) groups excluding carboxylic acids is 1. The Morgan fingerprint density at radius 3 is 2.61 bits per heavy atom. The highest BCUT2D eigenvalue weighted by molar-refractivity contribution is 5.92. The average molecular weight is 318 g/mol. The molecule has 0 aliphatic rings. The summed E-state index contributed by atoms with van der Waals surface area (Å²) in [5.74, 6) is 0.711. The van der Waals surface area contributed by atoms with E-state index in [1.54, 1.807) is 6.33 Å². The van der Waals surface area contributed by atoms with Crippen LogP contribution in [0.1, 0.15) is 62.7 Å². The molecule has 0 saturated heterocycles. The standard InChI is InChI=1S/C16H26N6O/c1-11(2)21-10-18-19-14(21)7-8-17-15(23)13-9-12(3)22(20-13)16(4,5)6/h9-11H,7-8H2,1-6H3,(H,17,23). The van der Waals surface area contributed by atoms with Crippen LogP contribution in [-0.2, 0) is 12.0 Å². The van der Waals surface area contributed by atoms with Crippen molar-refractivity contribution in [2.24, 2.45) is 0 Å². The maximum Gasteiger partial charge on any atom is 0.271 e. The largest absolute Gasteiger partial charge is 0.350 e. The van der Waals surface area contributed by atoms with Crippen LogP contribution < -0.4 is 5.32 Å². The Morgan fingerprint density at radius 2 is 2.04 bits per heavy atom. The van der Waals surface area contributed by atoms with Gasteiger partial charge >= 0.3 is 0 Å². The first-order valence-corrected chi connectivity index (χ1v) is 7.94. The van der Waals surface area contributed by atoms with Crippen LogP contribution >= 0.6 is 0 Å². The van der Waals surface area contributed by atoms with Crippen LogP contribution in [0.25, 0.3) is 0 Å². The molecule has 0 radical (unpaired) electrons. The fourth-order valence-electron chi connectivity index (χ4n) is 2.52. The zero-order chi connectivity index (χ0) is 17.2. The van der Waals surface area contributed by atoms with Crippen molar-refractivity contribution in [3.8, 4) is 0 Å². The van der Waals surface area contributed by atoms with Gasteiger partial charge in [0, 0.05) is 24.7 Å². The van der Waals surface area contributed by atoms with Crippen molar-refractivity contribution in [1.29, 1.82) is 0 Å². The van der Waals surface area contributed by atoms with E-state index in [4.69, 9.17) is 0 Å². The van der Waals surface area contributed by atoms with Crippen molar-refractivity contribution in [2.45, 2.75) is 59.5 Å². The van der Waals surface area contributed by atoms with Gasteiger partial charge in [0.2, 0.25) is 0 Å². The molecule has 126 valence electrons. The molecule has 0 aliphatic carbocycles. The van der Waals surface area contributed by atoms with Gasteiger partial charge in [-0.05, 0) is 47.6 Å². The number of aryl methyl sites for hydroxylation is 1. The molecule has 2 aromatic rings. The minimum absolute atomic E-state index is 0.143. The van der Waals surface area contributed by atoms with Gasteiger partial charge in [-0.1, -0.05) is 0 Å². The van der Waals surface area contributed by atoms with E-state index < -0.39 is 0 Å². The summed E-state index contributed by atoms with van der Waals surface area (Å²) >= 11 is 0. The first-order chi connectivity index (χ1) is 10.7. The summed E-state index contributed by atoms with van der Waals surface area (Å²) in [5.41, 5.74) is 1.28. The second kappa shape index (κ2) is 6.52. The Hall–Kier alpha value is -2.18. The van der Waals surface area contributed by atoms with Crippen LogP contribution in [0.5, 0.6) is 0 Å². The van der Waals surface area contributed by atoms with Crippen LogP contribution in [0, 0.1) is 6.92 Å². The van der Waals surface area contributed by atoms with E-state index in [1.165, 1.54) is 0 Å². The molecule has 0 atom stereocenters. The summed E-state index contributed by atoms with van der Waals surface area (Å²) in [7, 11) is 0. The molecule has 7 nitrogen and oxygen atoms in total. The van der Waals surface area contributed by atoms with Crippen LogP contribution in [0.3, 0.4) is 0 Å². The molecule has 2 rings (SSSR count). The first kappa shape index (κ1) is 17.2. The van der Waals surface area contributed by atoms with Gasteiger partial charge in [0.25, 0.3) is 5.91 Å². The normalized spacial score (nSPS) is 12.0. The third kappa shape index (κ3) is 3.97. The Kier molecular flexibility index (Phi) is 4.87. The van der Waals surface area contributed by atoms with Crippen LogP contribution in [0.15, 0.2) is 12.4 Å². The Morgan fingerprint density at radius 1 is 1.35 bits per heavy atom. The van der Waals surface area contributed by atoms with E-state index in [9.17, 15) is 4.79 Å². The lowest BCUT2D eigenvalue weighted by Gasteiger charge is -2.21. The number of rotatable bonds is 5. The van der Waals surface area contributed by atoms with Gasteiger partial charge in [0.05, 0.1) is 5.54 Å². The van der Waals surface area contributed by atoms with E-state index in [2.05, 4.69) is 55.2 Å². The highest BCUT2D eigenvalue weighted by Crippen LogP contribution is 2.16. The van der Waals surface area contributed by atoms with Crippen molar-refractivity contribution in [3.63, 3.8) is 0 Å². The lowest BCUT2D eigenvalue weighted by Crippen LogP contribution is -2.28. The van der Waals surface area contributed by atoms with Gasteiger partial charge in [-0.2, -0.15) is 5.10 Å². The van der Waals surface area contributed by atoms with Gasteiger partial charge in [-0.25, -0.2) is 0 Å². The fraction of sp³-hybridized carbons (Fsp3) is 0.625. The fourth-order valence-corrected chi connectivity index (χ4v) is 2.52. The molecular formula is C16H26N6O. The number of carbonyl (C=O) groups is 1. The summed E-state index contributed by atoms with van der Waals surface area (Å²) < 4.78 is 3.88. The molecule has 2 aromatic heterocycles. The van der Waals surface area contributed by atoms with Crippen LogP contribution in [0.2, 0.25) is 0 Å². The molecule has 2 heterocycles. The van der Waals surface area contributed by atoms with Crippen molar-refractivity contribution >= 4 is 5.91 Å². The topological polar surface area (TPSA) is 77.6 Å². The van der Waals surface area contributed by atoms with E-state index in [1.807, 2.05) is 22.2 Å². The van der Waals surface area contributed by atoms with Crippen molar-refractivity contribution in [3.05, 3.63) is 29.6 Å². The highest BCUT2D eigenvalue weighted by atomic mass is 16.1. The van der Waals surface area contributed by atoms with Crippen molar-refractivity contribution < 1.29 is 4.79 Å². The smallest absolute Gasteiger partial charge is 0.271 e. The van der Waals surface area contributed by atoms with E-state index in [0.29, 0.717) is 24.7 Å². The molecule has 1 N–H and O–H groups in total. The molecule has 0 spiro atoms. The van der Waals surface area contributed by atoms with Gasteiger partial charge in [0.1, 0.15) is 17.8 Å². The third-order valence-corrected chi connectivity index (χ3v) is 3.59. The lowest BCUT2D eigenvalue weighted by atomic mass is 10.1. The Bertz CT molecular complexity index is 677. The second-order valence-corrected chi connectivity index (χ2v) is 7.01. The number of nitrogens with zero attached hydrogens (tertiary/aromatic N) is 5. The maximum atomic E-state index is 12.3. The summed E-state index contributed by atoms with van der Waals surface area (Å²) in [5, 5.41) is 15.3. The predicted molar refractivity (Wildman–Crippen MR) is 88.4 cm³/mol. The van der Waals surface area contributed by atoms with Crippen molar-refractivity contribution in [2.75, 3.05) is 6.54 Å². The number of hydrogen-bond acceptors (Lipinski definition) is 4. The summed E-state index contributed by atoms with van der Waals surface area (Å²) in [6.45, 7) is 12.8. The maximum absolute atomic E-state index is 12.3. The van der Waals surface area contributed by atoms with Gasteiger partial charge < -0.3 is 9.88 Å². The third-order valence-electron chi connectivity index (χ3n) is 3.59. The van der Waals surface area contributed by atoms with Crippen LogP contribution in [0.4, 0.5) is 0 Å². The molecule has 0 unspecified atom stereocenters. The number of amides is 1. The highest BCUT2D eigenvalue weighted by Gasteiger charge is 2.20. The molecule has 0 saturated carbocycles. The molecule has 0 aliphatic heterocycles. The van der Waals surface area contributed by atoms with E-state index >= 15 is 0 Å². The van der Waals surface area contributed by atoms with Gasteiger partial charge in [-0.15, -0.1) is 10.2 Å². The zero-order valence-corrected chi connectivity index (χ0v) is 14.8. The lowest BCUT2D eigenvalue weighted by molar-refractivity contribution is 0.0947. The minimum atomic E-state index is -0.160. The minimum Gasteiger partial charge on any atom is -0.350 e. The zero-order valence-electron chi connectivity index (χ0n) is 14.8. The SMILES string of the molecule is Cc1cc(C(=O)NCCc2nncn2C(C)C)nn1C(C)(C)C. The summed E-state index contributed by atoms with van der Waals surface area (Å²) in [4.78, 5) is 12.3. The number of aromatic nitrogens is 5. The summed E-state index contributed by atoms with van der Waals surface area (Å²) in [6, 6.07) is 2.12. The molecule has 0 aromatic carbocycles. The average Bonchev–Trinajstić information content (AvgIpc) is 3.04. The van der Waals surface area contributed by atoms with Crippen molar-refractivity contribution in [1.82, 2.24) is 29.9 Å². The Balaban J connectivity index is 1.97. The first-order valence-electron chi connectivity index (χ1n) is 7.94. The van der Waals surface area contributed by atoms with Gasteiger partial charge in [-0.3, -0.25) is 9.48 Å². The van der Waals surface area contributed by atoms with Gasteiger partial charge in [0.15, 0.2) is 0 Å².